The zero-order valence-corrected chi connectivity index (χ0v) is 10.4. The molecule has 0 saturated carbocycles. The highest BCUT2D eigenvalue weighted by molar-refractivity contribution is 6.29. The number of aliphatic carboxylic acids is 1. The molecule has 0 spiro atoms. The van der Waals surface area contributed by atoms with Crippen molar-refractivity contribution in [2.45, 2.75) is 38.6 Å². The van der Waals surface area contributed by atoms with Gasteiger partial charge in [0.05, 0.1) is 0 Å². The summed E-state index contributed by atoms with van der Waals surface area (Å²) in [4.78, 5) is 12.9. The number of nitrogens with zero attached hydrogens (tertiary/aromatic N) is 1. The molecule has 0 amide bonds. The Bertz CT molecular complexity index is 235. The van der Waals surface area contributed by atoms with Crippen molar-refractivity contribution in [2.24, 2.45) is 11.8 Å². The van der Waals surface area contributed by atoms with Crippen LogP contribution in [0.4, 0.5) is 0 Å². The molecule has 0 bridgehead atoms. The molecule has 4 atom stereocenters. The Hall–Kier alpha value is -0.280. The van der Waals surface area contributed by atoms with Gasteiger partial charge in [0.1, 0.15) is 5.38 Å². The van der Waals surface area contributed by atoms with Gasteiger partial charge in [0.15, 0.2) is 0 Å². The van der Waals surface area contributed by atoms with Gasteiger partial charge in [-0.05, 0) is 25.2 Å². The van der Waals surface area contributed by atoms with Gasteiger partial charge in [-0.15, -0.1) is 11.6 Å². The monoisotopic (exact) mass is 233 g/mol. The second-order valence-corrected chi connectivity index (χ2v) is 5.35. The number of halogens is 1. The van der Waals surface area contributed by atoms with Crippen molar-refractivity contribution in [3.8, 4) is 0 Å². The zero-order valence-electron chi connectivity index (χ0n) is 9.61. The van der Waals surface area contributed by atoms with E-state index in [0.29, 0.717) is 24.4 Å². The summed E-state index contributed by atoms with van der Waals surface area (Å²) in [7, 11) is 0. The Kier molecular flexibility index (Phi) is 4.41. The van der Waals surface area contributed by atoms with Gasteiger partial charge in [0, 0.05) is 19.1 Å². The summed E-state index contributed by atoms with van der Waals surface area (Å²) in [5.41, 5.74) is 0. The maximum Gasteiger partial charge on any atom is 0.322 e. The molecule has 1 rings (SSSR count). The van der Waals surface area contributed by atoms with Crippen molar-refractivity contribution >= 4 is 17.6 Å². The lowest BCUT2D eigenvalue weighted by Crippen LogP contribution is -2.48. The highest BCUT2D eigenvalue weighted by Crippen LogP contribution is 2.27. The molecule has 88 valence electrons. The van der Waals surface area contributed by atoms with Gasteiger partial charge in [0.25, 0.3) is 0 Å². The van der Waals surface area contributed by atoms with E-state index in [9.17, 15) is 4.79 Å². The van der Waals surface area contributed by atoms with E-state index in [1.165, 1.54) is 6.42 Å². The minimum Gasteiger partial charge on any atom is -0.480 e. The first-order valence-corrected chi connectivity index (χ1v) is 5.96. The SMILES string of the molecule is CC1CC(C)C(C)N(CC(Cl)C(=O)O)C1. The fourth-order valence-corrected chi connectivity index (χ4v) is 2.53. The number of hydrogen-bond acceptors (Lipinski definition) is 2. The molecule has 4 unspecified atom stereocenters. The highest BCUT2D eigenvalue weighted by atomic mass is 35.5. The first kappa shape index (κ1) is 12.8. The molecule has 0 aliphatic carbocycles. The molecule has 1 aliphatic rings. The molecule has 1 N–H and O–H groups in total. The van der Waals surface area contributed by atoms with Crippen LogP contribution in [0.15, 0.2) is 0 Å². The number of piperidine rings is 1. The quantitative estimate of drug-likeness (QED) is 0.759. The van der Waals surface area contributed by atoms with E-state index in [0.717, 1.165) is 6.54 Å². The molecule has 1 saturated heterocycles. The van der Waals surface area contributed by atoms with Gasteiger partial charge in [0.2, 0.25) is 0 Å². The number of carboxylic acids is 1. The minimum absolute atomic E-state index is 0.432. The topological polar surface area (TPSA) is 40.5 Å². The lowest BCUT2D eigenvalue weighted by Gasteiger charge is -2.41. The van der Waals surface area contributed by atoms with Gasteiger partial charge >= 0.3 is 5.97 Å². The summed E-state index contributed by atoms with van der Waals surface area (Å²) in [5.74, 6) is 0.329. The van der Waals surface area contributed by atoms with E-state index in [1.54, 1.807) is 0 Å². The standard InChI is InChI=1S/C11H20ClNO2/c1-7-4-8(2)9(3)13(5-7)6-10(12)11(14)15/h7-10H,4-6H2,1-3H3,(H,14,15). The molecule has 3 nitrogen and oxygen atoms in total. The smallest absolute Gasteiger partial charge is 0.322 e. The molecule has 1 fully saturated rings. The van der Waals surface area contributed by atoms with Gasteiger partial charge in [-0.25, -0.2) is 0 Å². The number of carboxylic acid groups (broad SMARTS) is 1. The predicted molar refractivity (Wildman–Crippen MR) is 61.3 cm³/mol. The molecule has 4 heteroatoms. The number of carbonyl (C=O) groups is 1. The van der Waals surface area contributed by atoms with E-state index < -0.39 is 11.3 Å². The maximum absolute atomic E-state index is 10.7. The van der Waals surface area contributed by atoms with Crippen LogP contribution in [0.5, 0.6) is 0 Å². The van der Waals surface area contributed by atoms with E-state index >= 15 is 0 Å². The second-order valence-electron chi connectivity index (χ2n) is 4.82. The molecule has 1 heterocycles. The molecule has 0 aromatic heterocycles. The van der Waals surface area contributed by atoms with Crippen molar-refractivity contribution in [2.75, 3.05) is 13.1 Å². The van der Waals surface area contributed by atoms with Crippen molar-refractivity contribution in [3.63, 3.8) is 0 Å². The Morgan fingerprint density at radius 2 is 2.13 bits per heavy atom. The Balaban J connectivity index is 2.55. The summed E-state index contributed by atoms with van der Waals surface area (Å²) in [6.45, 7) is 7.99. The van der Waals surface area contributed by atoms with Crippen LogP contribution >= 0.6 is 11.6 Å². The third-order valence-corrected chi connectivity index (χ3v) is 3.71. The molecule has 0 radical (unpaired) electrons. The Morgan fingerprint density at radius 1 is 1.53 bits per heavy atom. The molecular weight excluding hydrogens is 214 g/mol. The number of rotatable bonds is 3. The zero-order chi connectivity index (χ0) is 11.6. The first-order valence-electron chi connectivity index (χ1n) is 5.52. The summed E-state index contributed by atoms with van der Waals surface area (Å²) >= 11 is 5.77. The van der Waals surface area contributed by atoms with Crippen molar-refractivity contribution in [1.29, 1.82) is 0 Å². The first-order chi connectivity index (χ1) is 6.91. The largest absolute Gasteiger partial charge is 0.480 e. The average molecular weight is 234 g/mol. The van der Waals surface area contributed by atoms with Crippen molar-refractivity contribution < 1.29 is 9.90 Å². The van der Waals surface area contributed by atoms with Crippen LogP contribution in [-0.4, -0.2) is 40.5 Å². The molecule has 15 heavy (non-hydrogen) atoms. The summed E-state index contributed by atoms with van der Waals surface area (Å²) in [6.07, 6.45) is 1.22. The fourth-order valence-electron chi connectivity index (χ4n) is 2.36. The lowest BCUT2D eigenvalue weighted by molar-refractivity contribution is -0.137. The maximum atomic E-state index is 10.7. The predicted octanol–water partition coefficient (Wildman–Crippen LogP) is 2.04. The minimum atomic E-state index is -0.922. The fraction of sp³-hybridized carbons (Fsp3) is 0.909. The van der Waals surface area contributed by atoms with Crippen LogP contribution in [-0.2, 0) is 4.79 Å². The number of alkyl halides is 1. The molecule has 0 aromatic carbocycles. The molecule has 1 aliphatic heterocycles. The third kappa shape index (κ3) is 3.35. The normalized spacial score (nSPS) is 35.1. The Labute approximate surface area is 96.4 Å². The van der Waals surface area contributed by atoms with Gasteiger partial charge in [-0.1, -0.05) is 13.8 Å². The van der Waals surface area contributed by atoms with Gasteiger partial charge in [-0.3, -0.25) is 9.69 Å². The van der Waals surface area contributed by atoms with E-state index in [1.807, 2.05) is 0 Å². The average Bonchev–Trinajstić information content (AvgIpc) is 2.13. The Morgan fingerprint density at radius 3 is 2.67 bits per heavy atom. The number of hydrogen-bond donors (Lipinski definition) is 1. The van der Waals surface area contributed by atoms with E-state index in [-0.39, 0.29) is 0 Å². The highest BCUT2D eigenvalue weighted by Gasteiger charge is 2.31. The number of likely N-dealkylation sites (tertiary alicyclic amines) is 1. The summed E-state index contributed by atoms with van der Waals surface area (Å²) in [6, 6.07) is 0.432. The van der Waals surface area contributed by atoms with Gasteiger partial charge in [-0.2, -0.15) is 0 Å². The van der Waals surface area contributed by atoms with Gasteiger partial charge < -0.3 is 5.11 Å². The summed E-state index contributed by atoms with van der Waals surface area (Å²) in [5, 5.41) is 7.99. The van der Waals surface area contributed by atoms with Crippen LogP contribution in [0.2, 0.25) is 0 Å². The van der Waals surface area contributed by atoms with Crippen LogP contribution in [0.25, 0.3) is 0 Å². The van der Waals surface area contributed by atoms with Crippen LogP contribution in [0.1, 0.15) is 27.2 Å². The third-order valence-electron chi connectivity index (χ3n) is 3.38. The molecular formula is C11H20ClNO2. The van der Waals surface area contributed by atoms with Crippen LogP contribution in [0, 0.1) is 11.8 Å². The lowest BCUT2D eigenvalue weighted by atomic mass is 9.86. The summed E-state index contributed by atoms with van der Waals surface area (Å²) < 4.78 is 0. The van der Waals surface area contributed by atoms with Crippen molar-refractivity contribution in [3.05, 3.63) is 0 Å². The molecule has 0 aromatic rings. The van der Waals surface area contributed by atoms with Crippen LogP contribution in [0.3, 0.4) is 0 Å². The van der Waals surface area contributed by atoms with Crippen LogP contribution < -0.4 is 0 Å². The van der Waals surface area contributed by atoms with E-state index in [2.05, 4.69) is 25.7 Å². The second kappa shape index (κ2) is 5.17. The van der Waals surface area contributed by atoms with Crippen molar-refractivity contribution in [1.82, 2.24) is 4.90 Å². The van der Waals surface area contributed by atoms with E-state index in [4.69, 9.17) is 16.7 Å².